The Morgan fingerprint density at radius 2 is 1.86 bits per heavy atom. The molecule has 2 aromatic rings. The van der Waals surface area contributed by atoms with Gasteiger partial charge in [-0.05, 0) is 12.1 Å². The van der Waals surface area contributed by atoms with Crippen molar-refractivity contribution in [2.24, 2.45) is 4.99 Å². The molecule has 0 aliphatic carbocycles. The van der Waals surface area contributed by atoms with Crippen molar-refractivity contribution >= 4 is 40.0 Å². The lowest BCUT2D eigenvalue weighted by Gasteiger charge is -2.23. The van der Waals surface area contributed by atoms with Gasteiger partial charge in [-0.1, -0.05) is 32.0 Å². The Kier molecular flexibility index (Phi) is 10.6. The van der Waals surface area contributed by atoms with E-state index in [0.717, 1.165) is 11.3 Å². The van der Waals surface area contributed by atoms with Crippen molar-refractivity contribution in [2.75, 3.05) is 39.5 Å². The number of aliphatic imine (C=N–C) groups is 1. The first-order valence-corrected chi connectivity index (χ1v) is 11.0. The van der Waals surface area contributed by atoms with E-state index in [2.05, 4.69) is 15.4 Å². The fraction of sp³-hybridized carbons (Fsp3) is 0.474. The lowest BCUT2D eigenvalue weighted by Crippen LogP contribution is -2.42. The van der Waals surface area contributed by atoms with E-state index in [1.54, 1.807) is 7.05 Å². The van der Waals surface area contributed by atoms with Crippen molar-refractivity contribution in [2.45, 2.75) is 20.4 Å². The average Bonchev–Trinajstić information content (AvgIpc) is 3.15. The van der Waals surface area contributed by atoms with Crippen molar-refractivity contribution in [3.8, 4) is 5.69 Å². The van der Waals surface area contributed by atoms with Gasteiger partial charge in [-0.25, -0.2) is 17.4 Å². The summed E-state index contributed by atoms with van der Waals surface area (Å²) >= 11 is 0. The minimum absolute atomic E-state index is 0. The minimum Gasteiger partial charge on any atom is -0.355 e. The summed E-state index contributed by atoms with van der Waals surface area (Å²) in [5.74, 6) is 0.676. The van der Waals surface area contributed by atoms with Gasteiger partial charge in [0.25, 0.3) is 0 Å². The van der Waals surface area contributed by atoms with Crippen LogP contribution < -0.4 is 5.32 Å². The van der Waals surface area contributed by atoms with Gasteiger partial charge in [0, 0.05) is 52.0 Å². The number of guanidine groups is 1. The molecule has 0 fully saturated rings. The summed E-state index contributed by atoms with van der Waals surface area (Å²) in [6, 6.07) is 9.91. The monoisotopic (exact) mass is 534 g/mol. The number of hydrogen-bond donors (Lipinski definition) is 1. The van der Waals surface area contributed by atoms with Gasteiger partial charge in [-0.15, -0.1) is 24.0 Å². The normalized spacial score (nSPS) is 12.0. The number of sulfonamides is 1. The van der Waals surface area contributed by atoms with Crippen LogP contribution in [0.5, 0.6) is 0 Å². The van der Waals surface area contributed by atoms with Gasteiger partial charge >= 0.3 is 0 Å². The second-order valence-electron chi connectivity index (χ2n) is 6.36. The molecule has 0 atom stereocenters. The van der Waals surface area contributed by atoms with Crippen LogP contribution in [0.3, 0.4) is 0 Å². The zero-order valence-electron chi connectivity index (χ0n) is 17.4. The summed E-state index contributed by atoms with van der Waals surface area (Å²) in [6.45, 7) is 5.57. The van der Waals surface area contributed by atoms with Crippen molar-refractivity contribution in [1.82, 2.24) is 24.3 Å². The quantitative estimate of drug-likeness (QED) is 0.303. The summed E-state index contributed by atoms with van der Waals surface area (Å²) in [4.78, 5) is 6.19. The van der Waals surface area contributed by atoms with Crippen molar-refractivity contribution in [1.29, 1.82) is 0 Å². The minimum atomic E-state index is -3.25. The highest BCUT2D eigenvalue weighted by molar-refractivity contribution is 14.0. The summed E-state index contributed by atoms with van der Waals surface area (Å²) in [5.41, 5.74) is 2.03. The van der Waals surface area contributed by atoms with Crippen molar-refractivity contribution in [3.05, 3.63) is 48.3 Å². The van der Waals surface area contributed by atoms with Crippen LogP contribution in [0.25, 0.3) is 5.69 Å². The zero-order valence-corrected chi connectivity index (χ0v) is 20.6. The van der Waals surface area contributed by atoms with Gasteiger partial charge in [0.15, 0.2) is 5.96 Å². The smallest absolute Gasteiger partial charge is 0.215 e. The molecule has 0 saturated heterocycles. The summed E-state index contributed by atoms with van der Waals surface area (Å²) in [7, 11) is 0.342. The maximum absolute atomic E-state index is 12.3. The molecular formula is C19H31IN6O2S. The number of para-hydroxylation sites is 1. The highest BCUT2D eigenvalue weighted by Crippen LogP contribution is 2.09. The first-order valence-electron chi connectivity index (χ1n) is 9.39. The van der Waals surface area contributed by atoms with Crippen LogP contribution in [-0.2, 0) is 16.6 Å². The van der Waals surface area contributed by atoms with Crippen LogP contribution in [0.4, 0.5) is 0 Å². The maximum Gasteiger partial charge on any atom is 0.215 e. The van der Waals surface area contributed by atoms with E-state index in [1.165, 1.54) is 4.31 Å². The molecule has 1 N–H and O–H groups in total. The summed E-state index contributed by atoms with van der Waals surface area (Å²) in [5, 5.41) is 7.53. The van der Waals surface area contributed by atoms with Crippen LogP contribution in [0.15, 0.2) is 47.7 Å². The molecule has 8 nitrogen and oxygen atoms in total. The number of rotatable bonds is 9. The Balaban J connectivity index is 0.00000420. The molecule has 0 saturated carbocycles. The van der Waals surface area contributed by atoms with Gasteiger partial charge in [0.1, 0.15) is 0 Å². The first-order chi connectivity index (χ1) is 13.4. The summed E-state index contributed by atoms with van der Waals surface area (Å²) < 4.78 is 27.9. The lowest BCUT2D eigenvalue weighted by molar-refractivity contribution is 0.443. The predicted octanol–water partition coefficient (Wildman–Crippen LogP) is 2.17. The predicted molar refractivity (Wildman–Crippen MR) is 129 cm³/mol. The Morgan fingerprint density at radius 1 is 1.21 bits per heavy atom. The Bertz CT molecular complexity index is 866. The van der Waals surface area contributed by atoms with Crippen LogP contribution in [-0.4, -0.2) is 72.8 Å². The zero-order chi connectivity index (χ0) is 20.6. The summed E-state index contributed by atoms with van der Waals surface area (Å²) in [6.07, 6.45) is 3.80. The largest absolute Gasteiger partial charge is 0.355 e. The number of nitrogens with one attached hydrogen (secondary N) is 1. The molecule has 1 aromatic carbocycles. The van der Waals surface area contributed by atoms with E-state index in [-0.39, 0.29) is 29.7 Å². The van der Waals surface area contributed by atoms with E-state index < -0.39 is 10.0 Å². The highest BCUT2D eigenvalue weighted by atomic mass is 127. The Hall–Kier alpha value is -1.66. The van der Waals surface area contributed by atoms with E-state index in [4.69, 9.17) is 0 Å². The van der Waals surface area contributed by atoms with Gasteiger partial charge < -0.3 is 10.2 Å². The number of halogens is 1. The second-order valence-corrected chi connectivity index (χ2v) is 8.45. The number of hydrogen-bond acceptors (Lipinski definition) is 4. The van der Waals surface area contributed by atoms with Gasteiger partial charge in [-0.3, -0.25) is 4.99 Å². The fourth-order valence-electron chi connectivity index (χ4n) is 2.94. The SMILES string of the molecule is CCN(CC)S(=O)(=O)CCNC(=NC)N(C)Cc1cnn(-c2ccccc2)c1.I. The molecule has 1 heterocycles. The third-order valence-electron chi connectivity index (χ3n) is 4.39. The van der Waals surface area contributed by atoms with Crippen molar-refractivity contribution in [3.63, 3.8) is 0 Å². The van der Waals surface area contributed by atoms with Crippen molar-refractivity contribution < 1.29 is 8.42 Å². The molecule has 29 heavy (non-hydrogen) atoms. The second kappa shape index (κ2) is 12.1. The van der Waals surface area contributed by atoms with E-state index in [9.17, 15) is 8.42 Å². The Morgan fingerprint density at radius 3 is 2.45 bits per heavy atom. The molecule has 0 radical (unpaired) electrons. The number of nitrogens with zero attached hydrogens (tertiary/aromatic N) is 5. The number of aromatic nitrogens is 2. The molecule has 0 aliphatic rings. The third kappa shape index (κ3) is 7.27. The van der Waals surface area contributed by atoms with Gasteiger partial charge in [0.05, 0.1) is 17.6 Å². The topological polar surface area (TPSA) is 82.8 Å². The highest BCUT2D eigenvalue weighted by Gasteiger charge is 2.18. The standard InChI is InChI=1S/C19H30N6O2S.HI/c1-5-24(6-2)28(26,27)13-12-21-19(20-3)23(4)15-17-14-22-25(16-17)18-10-8-7-9-11-18;/h7-11,14,16H,5-6,12-13,15H2,1-4H3,(H,20,21);1H. The molecular weight excluding hydrogens is 503 g/mol. The van der Waals surface area contributed by atoms with E-state index in [0.29, 0.717) is 32.1 Å². The lowest BCUT2D eigenvalue weighted by atomic mass is 10.3. The maximum atomic E-state index is 12.3. The molecule has 10 heteroatoms. The molecule has 0 spiro atoms. The van der Waals surface area contributed by atoms with E-state index >= 15 is 0 Å². The first kappa shape index (κ1) is 25.4. The van der Waals surface area contributed by atoms with Crippen LogP contribution >= 0.6 is 24.0 Å². The average molecular weight is 534 g/mol. The third-order valence-corrected chi connectivity index (χ3v) is 6.42. The molecule has 0 bridgehead atoms. The van der Waals surface area contributed by atoms with Gasteiger partial charge in [-0.2, -0.15) is 5.10 Å². The van der Waals surface area contributed by atoms with Crippen LogP contribution in [0.2, 0.25) is 0 Å². The van der Waals surface area contributed by atoms with E-state index in [1.807, 2.05) is 73.2 Å². The molecule has 0 unspecified atom stereocenters. The van der Waals surface area contributed by atoms with Gasteiger partial charge in [0.2, 0.25) is 10.0 Å². The molecule has 0 amide bonds. The van der Waals surface area contributed by atoms with Crippen LogP contribution in [0, 0.1) is 0 Å². The Labute approximate surface area is 191 Å². The molecule has 1 aromatic heterocycles. The molecule has 2 rings (SSSR count). The molecule has 162 valence electrons. The fourth-order valence-corrected chi connectivity index (χ4v) is 4.34. The van der Waals surface area contributed by atoms with Crippen LogP contribution in [0.1, 0.15) is 19.4 Å². The molecule has 0 aliphatic heterocycles. The number of benzene rings is 1.